The molecule has 0 aliphatic heterocycles. The van der Waals surface area contributed by atoms with Crippen LogP contribution in [0, 0.1) is 0 Å². The molecule has 1 aliphatic carbocycles. The Morgan fingerprint density at radius 2 is 1.86 bits per heavy atom. The normalized spacial score (nSPS) is 15.3. The van der Waals surface area contributed by atoms with E-state index in [0.29, 0.717) is 24.2 Å². The molecule has 3 heterocycles. The Kier molecular flexibility index (Phi) is 4.11. The topological polar surface area (TPSA) is 123 Å². The number of anilines is 3. The number of hydrogen-bond acceptors (Lipinski definition) is 8. The number of rotatable bonds is 4. The van der Waals surface area contributed by atoms with E-state index in [1.807, 2.05) is 0 Å². The minimum absolute atomic E-state index is 0.0293. The van der Waals surface area contributed by atoms with Crippen molar-refractivity contribution in [2.45, 2.75) is 24.6 Å². The third-order valence-corrected chi connectivity index (χ3v) is 4.14. The molecular formula is C17H14F3N7O. The van der Waals surface area contributed by atoms with Gasteiger partial charge in [0, 0.05) is 11.9 Å². The van der Waals surface area contributed by atoms with E-state index >= 15 is 0 Å². The van der Waals surface area contributed by atoms with Crippen LogP contribution in [-0.4, -0.2) is 30.0 Å². The molecule has 0 unspecified atom stereocenters. The maximum atomic E-state index is 12.9. The number of aromatic nitrogens is 5. The van der Waals surface area contributed by atoms with Crippen molar-refractivity contribution < 1.29 is 18.3 Å². The van der Waals surface area contributed by atoms with E-state index in [-0.39, 0.29) is 23.4 Å². The fraction of sp³-hybridized carbons (Fsp3) is 0.235. The van der Waals surface area contributed by atoms with Crippen molar-refractivity contribution in [1.82, 2.24) is 24.9 Å². The van der Waals surface area contributed by atoms with Gasteiger partial charge in [0.05, 0.1) is 5.69 Å². The summed E-state index contributed by atoms with van der Waals surface area (Å²) < 4.78 is 38.7. The Morgan fingerprint density at radius 3 is 2.57 bits per heavy atom. The van der Waals surface area contributed by atoms with E-state index in [1.165, 1.54) is 18.3 Å². The number of pyridine rings is 2. The van der Waals surface area contributed by atoms with Crippen molar-refractivity contribution in [1.29, 1.82) is 0 Å². The minimum atomic E-state index is -4.59. The molecule has 0 radical (unpaired) electrons. The van der Waals surface area contributed by atoms with E-state index in [4.69, 9.17) is 5.73 Å². The van der Waals surface area contributed by atoms with Crippen molar-refractivity contribution in [3.05, 3.63) is 47.9 Å². The summed E-state index contributed by atoms with van der Waals surface area (Å²) in [5.41, 5.74) is 4.67. The Morgan fingerprint density at radius 1 is 1.07 bits per heavy atom. The second kappa shape index (κ2) is 6.37. The first-order valence-corrected chi connectivity index (χ1v) is 8.25. The van der Waals surface area contributed by atoms with Gasteiger partial charge in [0.2, 0.25) is 11.9 Å². The predicted molar refractivity (Wildman–Crippen MR) is 93.1 cm³/mol. The lowest BCUT2D eigenvalue weighted by atomic mass is 10.2. The van der Waals surface area contributed by atoms with Gasteiger partial charge in [-0.15, -0.1) is 0 Å². The van der Waals surface area contributed by atoms with Gasteiger partial charge < -0.3 is 16.2 Å². The van der Waals surface area contributed by atoms with Crippen molar-refractivity contribution >= 4 is 17.6 Å². The monoisotopic (exact) mass is 389 g/mol. The number of nitrogen functional groups attached to an aromatic ring is 1. The second-order valence-corrected chi connectivity index (χ2v) is 6.33. The molecule has 0 saturated heterocycles. The van der Waals surface area contributed by atoms with E-state index < -0.39 is 17.5 Å². The molecule has 1 fully saturated rings. The fourth-order valence-corrected chi connectivity index (χ4v) is 2.55. The first-order chi connectivity index (χ1) is 13.2. The third-order valence-electron chi connectivity index (χ3n) is 4.14. The highest BCUT2D eigenvalue weighted by molar-refractivity contribution is 5.58. The van der Waals surface area contributed by atoms with Crippen molar-refractivity contribution in [2.75, 3.05) is 11.1 Å². The van der Waals surface area contributed by atoms with Crippen LogP contribution in [0.4, 0.5) is 30.8 Å². The summed E-state index contributed by atoms with van der Waals surface area (Å²) in [5, 5.41) is 13.1. The molecule has 4 N–H and O–H groups in total. The lowest BCUT2D eigenvalue weighted by molar-refractivity contribution is -0.141. The maximum absolute atomic E-state index is 12.9. The van der Waals surface area contributed by atoms with Gasteiger partial charge >= 0.3 is 6.18 Å². The first-order valence-electron chi connectivity index (χ1n) is 8.25. The average molecular weight is 389 g/mol. The van der Waals surface area contributed by atoms with Crippen molar-refractivity contribution in [3.8, 4) is 11.5 Å². The molecule has 3 aromatic rings. The smallest absolute Gasteiger partial charge is 0.384 e. The Hall–Kier alpha value is -3.34. The summed E-state index contributed by atoms with van der Waals surface area (Å²) in [6.07, 6.45) is -1.80. The van der Waals surface area contributed by atoms with Crippen LogP contribution >= 0.6 is 0 Å². The van der Waals surface area contributed by atoms with Crippen LogP contribution in [0.15, 0.2) is 36.5 Å². The van der Waals surface area contributed by atoms with Crippen molar-refractivity contribution in [2.24, 2.45) is 0 Å². The van der Waals surface area contributed by atoms with Crippen LogP contribution in [0.1, 0.15) is 24.2 Å². The summed E-state index contributed by atoms with van der Waals surface area (Å²) >= 11 is 0. The van der Waals surface area contributed by atoms with Crippen LogP contribution < -0.4 is 11.1 Å². The highest BCUT2D eigenvalue weighted by Crippen LogP contribution is 2.44. The van der Waals surface area contributed by atoms with Gasteiger partial charge in [0.1, 0.15) is 17.0 Å². The van der Waals surface area contributed by atoms with Gasteiger partial charge in [-0.2, -0.15) is 28.1 Å². The molecule has 4 rings (SSSR count). The number of nitrogens with one attached hydrogen (secondary N) is 1. The van der Waals surface area contributed by atoms with Crippen LogP contribution in [0.25, 0.3) is 11.5 Å². The zero-order valence-corrected chi connectivity index (χ0v) is 14.3. The van der Waals surface area contributed by atoms with Crippen molar-refractivity contribution in [3.63, 3.8) is 0 Å². The van der Waals surface area contributed by atoms with E-state index in [0.717, 1.165) is 6.07 Å². The van der Waals surface area contributed by atoms with Gasteiger partial charge in [-0.3, -0.25) is 4.98 Å². The third kappa shape index (κ3) is 3.69. The molecule has 0 bridgehead atoms. The van der Waals surface area contributed by atoms with Gasteiger partial charge in [0.25, 0.3) is 0 Å². The summed E-state index contributed by atoms with van der Waals surface area (Å²) in [6.45, 7) is 0. The number of aliphatic hydroxyl groups is 1. The van der Waals surface area contributed by atoms with Gasteiger partial charge in [-0.05, 0) is 37.1 Å². The van der Waals surface area contributed by atoms with Gasteiger partial charge in [-0.25, -0.2) is 4.98 Å². The summed E-state index contributed by atoms with van der Waals surface area (Å²) in [4.78, 5) is 19.6. The molecule has 144 valence electrons. The maximum Gasteiger partial charge on any atom is 0.433 e. The lowest BCUT2D eigenvalue weighted by Gasteiger charge is -2.11. The second-order valence-electron chi connectivity index (χ2n) is 6.33. The quantitative estimate of drug-likeness (QED) is 0.622. The summed E-state index contributed by atoms with van der Waals surface area (Å²) in [6, 6.07) is 6.70. The van der Waals surface area contributed by atoms with Gasteiger partial charge in [0.15, 0.2) is 5.82 Å². The molecule has 3 aromatic heterocycles. The van der Waals surface area contributed by atoms with Gasteiger partial charge in [-0.1, -0.05) is 6.07 Å². The molecule has 0 spiro atoms. The number of nitrogens with two attached hydrogens (primary N) is 1. The summed E-state index contributed by atoms with van der Waals surface area (Å²) in [5.74, 6) is -0.250. The number of halogens is 3. The number of nitrogens with zero attached hydrogens (tertiary/aromatic N) is 5. The molecule has 0 amide bonds. The van der Waals surface area contributed by atoms with Crippen LogP contribution in [-0.2, 0) is 11.8 Å². The van der Waals surface area contributed by atoms with E-state index in [2.05, 4.69) is 30.2 Å². The predicted octanol–water partition coefficient (Wildman–Crippen LogP) is 2.65. The average Bonchev–Trinajstić information content (AvgIpc) is 3.40. The summed E-state index contributed by atoms with van der Waals surface area (Å²) in [7, 11) is 0. The highest BCUT2D eigenvalue weighted by Gasteiger charge is 2.43. The van der Waals surface area contributed by atoms with Crippen LogP contribution in [0.5, 0.6) is 0 Å². The molecule has 1 aliphatic rings. The number of alkyl halides is 3. The molecule has 8 nitrogen and oxygen atoms in total. The fourth-order valence-electron chi connectivity index (χ4n) is 2.55. The SMILES string of the molecule is Nc1nc(Nc2ccnc(C3(O)CC3)c2)nc(-c2cccc(C(F)(F)F)n2)n1. The molecule has 0 aromatic carbocycles. The zero-order chi connectivity index (χ0) is 19.9. The van der Waals surface area contributed by atoms with Crippen LogP contribution in [0.3, 0.4) is 0 Å². The van der Waals surface area contributed by atoms with E-state index in [9.17, 15) is 18.3 Å². The standard InChI is InChI=1S/C17H14F3N7O/c18-17(19,20)11-3-1-2-10(24-11)13-25-14(21)27-15(26-13)23-9-4-7-22-12(8-9)16(28)5-6-16/h1-4,7-8,28H,5-6H2,(H3,21,22,23,25,26,27). The largest absolute Gasteiger partial charge is 0.433 e. The van der Waals surface area contributed by atoms with Crippen LogP contribution in [0.2, 0.25) is 0 Å². The molecule has 11 heteroatoms. The Balaban J connectivity index is 1.65. The first kappa shape index (κ1) is 18.0. The Bertz CT molecular complexity index is 1040. The highest BCUT2D eigenvalue weighted by atomic mass is 19.4. The molecular weight excluding hydrogens is 375 g/mol. The lowest BCUT2D eigenvalue weighted by Crippen LogP contribution is -2.10. The van der Waals surface area contributed by atoms with E-state index in [1.54, 1.807) is 12.1 Å². The molecule has 0 atom stereocenters. The molecule has 28 heavy (non-hydrogen) atoms. The number of hydrogen-bond donors (Lipinski definition) is 3. The zero-order valence-electron chi connectivity index (χ0n) is 14.3. The minimum Gasteiger partial charge on any atom is -0.384 e. The molecule has 1 saturated carbocycles. The Labute approximate surface area is 156 Å².